The van der Waals surface area contributed by atoms with Crippen LogP contribution in [0, 0.1) is 44.6 Å². The molecule has 3 fully saturated rings. The molecule has 1 amide bonds. The number of amides is 1. The summed E-state index contributed by atoms with van der Waals surface area (Å²) >= 11 is 0. The van der Waals surface area contributed by atoms with Crippen molar-refractivity contribution in [3.63, 3.8) is 0 Å². The number of carbonyl (C=O) groups is 1. The van der Waals surface area contributed by atoms with Crippen molar-refractivity contribution in [1.29, 1.82) is 0 Å². The Balaban J connectivity index is 1.66. The molecule has 32 heavy (non-hydrogen) atoms. The molecule has 0 spiro atoms. The third-order valence-corrected chi connectivity index (χ3v) is 11.0. The largest absolute Gasteiger partial charge is 0.514 e. The third-order valence-electron chi connectivity index (χ3n) is 11.0. The van der Waals surface area contributed by atoms with Crippen LogP contribution in [-0.4, -0.2) is 38.7 Å². The maximum atomic E-state index is 12.8. The van der Waals surface area contributed by atoms with Gasteiger partial charge in [0.15, 0.2) is 0 Å². The lowest BCUT2D eigenvalue weighted by molar-refractivity contribution is -0.928. The molecular weight excluding hydrogens is 404 g/mol. The van der Waals surface area contributed by atoms with Crippen LogP contribution in [0.15, 0.2) is 11.8 Å². The predicted molar refractivity (Wildman–Crippen MR) is 125 cm³/mol. The Morgan fingerprint density at radius 2 is 1.69 bits per heavy atom. The average molecular weight is 448 g/mol. The van der Waals surface area contributed by atoms with Gasteiger partial charge in [0.05, 0.1) is 17.0 Å². The molecule has 7 atom stereocenters. The van der Waals surface area contributed by atoms with Crippen LogP contribution in [0.25, 0.3) is 0 Å². The average Bonchev–Trinajstić information content (AvgIpc) is 3.04. The molecule has 3 saturated carbocycles. The van der Waals surface area contributed by atoms with Crippen molar-refractivity contribution in [3.8, 4) is 0 Å². The molecule has 0 radical (unpaired) electrons. The van der Waals surface area contributed by atoms with Gasteiger partial charge in [0.2, 0.25) is 5.70 Å². The first-order valence-corrected chi connectivity index (χ1v) is 12.9. The van der Waals surface area contributed by atoms with Gasteiger partial charge in [0.25, 0.3) is 0 Å². The van der Waals surface area contributed by atoms with Crippen LogP contribution in [-0.2, 0) is 0 Å². The Kier molecular flexibility index (Phi) is 5.79. The van der Waals surface area contributed by atoms with Crippen molar-refractivity contribution in [2.75, 3.05) is 0 Å². The molecule has 6 heteroatoms. The van der Waals surface area contributed by atoms with Crippen molar-refractivity contribution >= 4 is 6.09 Å². The highest BCUT2D eigenvalue weighted by Crippen LogP contribution is 2.67. The number of quaternary nitrogens is 1. The summed E-state index contributed by atoms with van der Waals surface area (Å²) in [4.78, 5) is 24.0. The molecule has 4 rings (SSSR count). The lowest BCUT2D eigenvalue weighted by atomic mass is 9.45. The fourth-order valence-electron chi connectivity index (χ4n) is 9.58. The van der Waals surface area contributed by atoms with Gasteiger partial charge in [-0.2, -0.15) is 4.79 Å². The smallest absolute Gasteiger partial charge is 0.435 e. The molecule has 0 aromatic carbocycles. The van der Waals surface area contributed by atoms with Gasteiger partial charge < -0.3 is 5.11 Å². The van der Waals surface area contributed by atoms with Gasteiger partial charge in [-0.1, -0.05) is 13.8 Å². The van der Waals surface area contributed by atoms with E-state index in [1.165, 1.54) is 0 Å². The number of carboxylic acid groups (broad SMARTS) is 1. The van der Waals surface area contributed by atoms with Gasteiger partial charge in [-0.25, -0.2) is 4.48 Å². The Morgan fingerprint density at radius 3 is 2.25 bits per heavy atom. The van der Waals surface area contributed by atoms with Crippen LogP contribution in [0.2, 0.25) is 0 Å². The SMILES string of the molecule is CC(C)[N+](C(=O)O)(C(C)C)[C@H]1CC[C@H]2[C@@H]3CC[C@H]4CC([N+](=O)[O-])=CC[C@]4(C)[C@H]3CC[C@@]21C. The van der Waals surface area contributed by atoms with E-state index in [1.807, 2.05) is 6.08 Å². The topological polar surface area (TPSA) is 80.4 Å². The van der Waals surface area contributed by atoms with Crippen molar-refractivity contribution in [2.45, 2.75) is 111 Å². The van der Waals surface area contributed by atoms with E-state index in [4.69, 9.17) is 0 Å². The summed E-state index contributed by atoms with van der Waals surface area (Å²) in [5.74, 6) is 2.21. The van der Waals surface area contributed by atoms with E-state index in [2.05, 4.69) is 41.5 Å². The van der Waals surface area contributed by atoms with Gasteiger partial charge in [0, 0.05) is 18.3 Å². The van der Waals surface area contributed by atoms with Gasteiger partial charge in [-0.3, -0.25) is 10.1 Å². The first kappa shape index (κ1) is 23.7. The molecule has 0 aromatic heterocycles. The summed E-state index contributed by atoms with van der Waals surface area (Å²) in [6.07, 6.45) is 9.28. The fourth-order valence-corrected chi connectivity index (χ4v) is 9.58. The van der Waals surface area contributed by atoms with Crippen LogP contribution in [0.5, 0.6) is 0 Å². The fraction of sp³-hybridized carbons (Fsp3) is 0.885. The molecule has 4 aliphatic rings. The Morgan fingerprint density at radius 1 is 1.06 bits per heavy atom. The maximum absolute atomic E-state index is 12.8. The van der Waals surface area contributed by atoms with Crippen molar-refractivity contribution < 1.29 is 19.3 Å². The Labute approximate surface area is 193 Å². The zero-order valence-electron chi connectivity index (χ0n) is 20.8. The lowest BCUT2D eigenvalue weighted by Gasteiger charge is -2.60. The minimum Gasteiger partial charge on any atom is -0.435 e. The second kappa shape index (κ2) is 7.82. The first-order valence-electron chi connectivity index (χ1n) is 12.9. The molecule has 0 aliphatic heterocycles. The summed E-state index contributed by atoms with van der Waals surface area (Å²) in [6.45, 7) is 13.2. The quantitative estimate of drug-likeness (QED) is 0.304. The van der Waals surface area contributed by atoms with Gasteiger partial charge in [0.1, 0.15) is 6.04 Å². The highest BCUT2D eigenvalue weighted by Gasteiger charge is 2.67. The molecule has 6 nitrogen and oxygen atoms in total. The summed E-state index contributed by atoms with van der Waals surface area (Å²) < 4.78 is 0.180. The highest BCUT2D eigenvalue weighted by molar-refractivity contribution is 5.58. The minimum absolute atomic E-state index is 0.0445. The number of allylic oxidation sites excluding steroid dienone is 2. The van der Waals surface area contributed by atoms with Crippen LogP contribution >= 0.6 is 0 Å². The molecule has 0 unspecified atom stereocenters. The van der Waals surface area contributed by atoms with Crippen molar-refractivity contribution in [3.05, 3.63) is 21.9 Å². The molecule has 0 bridgehead atoms. The standard InChI is InChI=1S/C26H42N2O4/c1-16(2)28(17(3)4,24(29)30)23-10-9-21-20-8-7-18-15-19(27(31)32)11-13-25(18,5)22(20)12-14-26(21,23)6/h11,16-18,20-23H,7-10,12-15H2,1-6H3/p+1/t18-,20-,21-,22-,23-,25-,26-/m0/s1. The number of nitrogens with zero attached hydrogens (tertiary/aromatic N) is 2. The summed E-state index contributed by atoms with van der Waals surface area (Å²) in [5.41, 5.74) is 0.620. The molecule has 0 saturated heterocycles. The minimum atomic E-state index is -0.663. The Bertz CT molecular complexity index is 813. The number of rotatable bonds is 4. The Hall–Kier alpha value is -1.43. The van der Waals surface area contributed by atoms with Crippen molar-refractivity contribution in [2.24, 2.45) is 34.5 Å². The zero-order valence-corrected chi connectivity index (χ0v) is 20.8. The predicted octanol–water partition coefficient (Wildman–Crippen LogP) is 6.48. The lowest BCUT2D eigenvalue weighted by Crippen LogP contribution is -2.70. The number of hydrogen-bond donors (Lipinski definition) is 1. The molecule has 0 heterocycles. The van der Waals surface area contributed by atoms with E-state index in [0.717, 1.165) is 44.9 Å². The maximum Gasteiger partial charge on any atom is 0.514 e. The van der Waals surface area contributed by atoms with Crippen molar-refractivity contribution in [1.82, 2.24) is 0 Å². The van der Waals surface area contributed by atoms with Gasteiger partial charge in [-0.15, -0.1) is 0 Å². The van der Waals surface area contributed by atoms with Gasteiger partial charge >= 0.3 is 6.09 Å². The van der Waals surface area contributed by atoms with Gasteiger partial charge in [-0.05, 0) is 101 Å². The zero-order chi connectivity index (χ0) is 23.6. The van der Waals surface area contributed by atoms with E-state index >= 15 is 0 Å². The first-order chi connectivity index (χ1) is 14.9. The van der Waals surface area contributed by atoms with E-state index < -0.39 is 6.09 Å². The second-order valence-corrected chi connectivity index (χ2v) is 12.5. The van der Waals surface area contributed by atoms with E-state index in [9.17, 15) is 20.0 Å². The third kappa shape index (κ3) is 3.04. The summed E-state index contributed by atoms with van der Waals surface area (Å²) in [6, 6.07) is 0.245. The van der Waals surface area contributed by atoms with Crippen LogP contribution in [0.3, 0.4) is 0 Å². The van der Waals surface area contributed by atoms with Crippen LogP contribution in [0.1, 0.15) is 92.9 Å². The molecule has 0 aromatic rings. The second-order valence-electron chi connectivity index (χ2n) is 12.5. The summed E-state index contributed by atoms with van der Waals surface area (Å²) in [7, 11) is 0. The highest BCUT2D eigenvalue weighted by atomic mass is 16.6. The number of nitro groups is 1. The number of hydrogen-bond acceptors (Lipinski definition) is 3. The van der Waals surface area contributed by atoms with Crippen LogP contribution in [0.4, 0.5) is 4.79 Å². The monoisotopic (exact) mass is 447 g/mol. The van der Waals surface area contributed by atoms with Crippen LogP contribution < -0.4 is 0 Å². The van der Waals surface area contributed by atoms with E-state index in [1.54, 1.807) is 0 Å². The van der Waals surface area contributed by atoms with E-state index in [-0.39, 0.29) is 38.4 Å². The molecule has 1 N–H and O–H groups in total. The molecule has 4 aliphatic carbocycles. The molecule has 180 valence electrons. The number of fused-ring (bicyclic) bond motifs is 5. The van der Waals surface area contributed by atoms with E-state index in [0.29, 0.717) is 35.8 Å². The summed E-state index contributed by atoms with van der Waals surface area (Å²) in [5, 5.41) is 21.9. The molecular formula is C26H43N2O4+. The normalized spacial score (nSPS) is 41.6.